The third-order valence-corrected chi connectivity index (χ3v) is 1.58. The van der Waals surface area contributed by atoms with Crippen molar-refractivity contribution >= 4 is 5.97 Å². The maximum Gasteiger partial charge on any atom is 0.335 e. The Morgan fingerprint density at radius 1 is 1.20 bits per heavy atom. The molecule has 3 nitrogen and oxygen atoms in total. The zero-order chi connectivity index (χ0) is 11.1. The van der Waals surface area contributed by atoms with Crippen LogP contribution in [0.4, 0.5) is 0 Å². The monoisotopic (exact) mass is 204 g/mol. The first-order valence-corrected chi connectivity index (χ1v) is 4.44. The first kappa shape index (κ1) is 11.0. The van der Waals surface area contributed by atoms with Gasteiger partial charge in [0.05, 0.1) is 0 Å². The van der Waals surface area contributed by atoms with E-state index in [2.05, 4.69) is 13.2 Å². The van der Waals surface area contributed by atoms with Crippen molar-refractivity contribution in [1.82, 2.24) is 0 Å². The van der Waals surface area contributed by atoms with Gasteiger partial charge in [0.1, 0.15) is 18.1 Å². The van der Waals surface area contributed by atoms with Crippen molar-refractivity contribution in [1.29, 1.82) is 0 Å². The van der Waals surface area contributed by atoms with Gasteiger partial charge in [-0.2, -0.15) is 0 Å². The molecular weight excluding hydrogens is 192 g/mol. The number of hydrogen-bond acceptors (Lipinski definition) is 3. The molecule has 0 unspecified atom stereocenters. The Balaban J connectivity index is 2.59. The minimum absolute atomic E-state index is 0.450. The third kappa shape index (κ3) is 3.68. The zero-order valence-corrected chi connectivity index (χ0v) is 8.31. The Kier molecular flexibility index (Phi) is 4.16. The summed E-state index contributed by atoms with van der Waals surface area (Å²) in [4.78, 5) is 10.9. The van der Waals surface area contributed by atoms with Crippen molar-refractivity contribution in [2.45, 2.75) is 0 Å². The number of rotatable bonds is 5. The van der Waals surface area contributed by atoms with Crippen LogP contribution < -0.4 is 9.47 Å². The van der Waals surface area contributed by atoms with Crippen LogP contribution in [-0.2, 0) is 4.79 Å². The molecule has 0 atom stereocenters. The SMILES string of the molecule is C=CCOc1ccc(OC(=O)C=C)cc1. The van der Waals surface area contributed by atoms with Crippen LogP contribution >= 0.6 is 0 Å². The maximum absolute atomic E-state index is 10.9. The molecule has 0 saturated heterocycles. The summed E-state index contributed by atoms with van der Waals surface area (Å²) < 4.78 is 10.2. The lowest BCUT2D eigenvalue weighted by molar-refractivity contribution is -0.128. The lowest BCUT2D eigenvalue weighted by atomic mass is 10.3. The molecule has 0 aliphatic heterocycles. The lowest BCUT2D eigenvalue weighted by Gasteiger charge is -2.04. The molecular formula is C12H12O3. The highest BCUT2D eigenvalue weighted by atomic mass is 16.5. The minimum Gasteiger partial charge on any atom is -0.490 e. The summed E-state index contributed by atoms with van der Waals surface area (Å²) in [6, 6.07) is 6.74. The molecule has 0 heterocycles. The standard InChI is InChI=1S/C12H12O3/c1-3-9-14-10-5-7-11(8-6-10)15-12(13)4-2/h3-8H,1-2,9H2. The van der Waals surface area contributed by atoms with Crippen LogP contribution in [0.3, 0.4) is 0 Å². The number of carbonyl (C=O) groups is 1. The number of esters is 1. The van der Waals surface area contributed by atoms with Crippen LogP contribution in [0.5, 0.6) is 11.5 Å². The Morgan fingerprint density at radius 3 is 2.33 bits per heavy atom. The van der Waals surface area contributed by atoms with Crippen LogP contribution in [0, 0.1) is 0 Å². The second-order valence-electron chi connectivity index (χ2n) is 2.70. The molecule has 0 bridgehead atoms. The molecule has 0 aromatic heterocycles. The van der Waals surface area contributed by atoms with Crippen LogP contribution in [0.1, 0.15) is 0 Å². The van der Waals surface area contributed by atoms with E-state index in [-0.39, 0.29) is 0 Å². The molecule has 0 amide bonds. The summed E-state index contributed by atoms with van der Waals surface area (Å²) in [5, 5.41) is 0. The lowest BCUT2D eigenvalue weighted by Crippen LogP contribution is -2.02. The third-order valence-electron chi connectivity index (χ3n) is 1.58. The number of hydrogen-bond donors (Lipinski definition) is 0. The molecule has 3 heteroatoms. The second-order valence-corrected chi connectivity index (χ2v) is 2.70. The molecule has 0 saturated carbocycles. The van der Waals surface area contributed by atoms with Gasteiger partial charge in [0, 0.05) is 6.08 Å². The molecule has 0 spiro atoms. The Hall–Kier alpha value is -2.03. The van der Waals surface area contributed by atoms with E-state index in [0.717, 1.165) is 6.08 Å². The van der Waals surface area contributed by atoms with E-state index in [4.69, 9.17) is 9.47 Å². The first-order valence-electron chi connectivity index (χ1n) is 4.44. The fourth-order valence-corrected chi connectivity index (χ4v) is 0.917. The van der Waals surface area contributed by atoms with Crippen LogP contribution in [0.15, 0.2) is 49.6 Å². The van der Waals surface area contributed by atoms with Crippen molar-refractivity contribution in [2.24, 2.45) is 0 Å². The normalized spacial score (nSPS) is 9.07. The predicted octanol–water partition coefficient (Wildman–Crippen LogP) is 2.34. The molecule has 0 aliphatic rings. The van der Waals surface area contributed by atoms with Gasteiger partial charge in [-0.15, -0.1) is 0 Å². The molecule has 0 aliphatic carbocycles. The predicted molar refractivity (Wildman–Crippen MR) is 58.0 cm³/mol. The summed E-state index contributed by atoms with van der Waals surface area (Å²) in [5.74, 6) is 0.689. The highest BCUT2D eigenvalue weighted by Crippen LogP contribution is 2.17. The molecule has 0 fully saturated rings. The summed E-state index contributed by atoms with van der Waals surface area (Å²) in [5.41, 5.74) is 0. The topological polar surface area (TPSA) is 35.5 Å². The summed E-state index contributed by atoms with van der Waals surface area (Å²) >= 11 is 0. The summed E-state index contributed by atoms with van der Waals surface area (Å²) in [6.45, 7) is 7.29. The highest BCUT2D eigenvalue weighted by molar-refractivity contribution is 5.83. The second kappa shape index (κ2) is 5.65. The molecule has 0 N–H and O–H groups in total. The summed E-state index contributed by atoms with van der Waals surface area (Å²) in [7, 11) is 0. The highest BCUT2D eigenvalue weighted by Gasteiger charge is 1.99. The van der Waals surface area contributed by atoms with Gasteiger partial charge in [0.25, 0.3) is 0 Å². The number of ether oxygens (including phenoxy) is 2. The molecule has 0 radical (unpaired) electrons. The van der Waals surface area contributed by atoms with Gasteiger partial charge in [-0.3, -0.25) is 0 Å². The smallest absolute Gasteiger partial charge is 0.335 e. The van der Waals surface area contributed by atoms with Crippen LogP contribution in [0.2, 0.25) is 0 Å². The molecule has 1 aromatic rings. The fourth-order valence-electron chi connectivity index (χ4n) is 0.917. The van der Waals surface area contributed by atoms with Crippen molar-refractivity contribution in [3.63, 3.8) is 0 Å². The Morgan fingerprint density at radius 2 is 1.80 bits per heavy atom. The summed E-state index contributed by atoms with van der Waals surface area (Å²) in [6.07, 6.45) is 2.77. The van der Waals surface area contributed by atoms with Gasteiger partial charge >= 0.3 is 5.97 Å². The minimum atomic E-state index is -0.477. The van der Waals surface area contributed by atoms with E-state index < -0.39 is 5.97 Å². The van der Waals surface area contributed by atoms with Gasteiger partial charge in [-0.25, -0.2) is 4.79 Å². The quantitative estimate of drug-likeness (QED) is 0.319. The maximum atomic E-state index is 10.9. The van der Waals surface area contributed by atoms with Crippen molar-refractivity contribution in [3.8, 4) is 11.5 Å². The zero-order valence-electron chi connectivity index (χ0n) is 8.31. The van der Waals surface area contributed by atoms with Crippen molar-refractivity contribution in [2.75, 3.05) is 6.61 Å². The fraction of sp³-hybridized carbons (Fsp3) is 0.0833. The molecule has 15 heavy (non-hydrogen) atoms. The van der Waals surface area contributed by atoms with Crippen LogP contribution in [0.25, 0.3) is 0 Å². The Labute approximate surface area is 88.6 Å². The van der Waals surface area contributed by atoms with Gasteiger partial charge in [0.2, 0.25) is 0 Å². The molecule has 1 rings (SSSR count). The largest absolute Gasteiger partial charge is 0.490 e. The molecule has 1 aromatic carbocycles. The first-order chi connectivity index (χ1) is 7.26. The van der Waals surface area contributed by atoms with E-state index in [1.54, 1.807) is 30.3 Å². The molecule has 78 valence electrons. The van der Waals surface area contributed by atoms with Gasteiger partial charge in [-0.1, -0.05) is 19.2 Å². The average Bonchev–Trinajstić information content (AvgIpc) is 2.28. The average molecular weight is 204 g/mol. The van der Waals surface area contributed by atoms with E-state index in [9.17, 15) is 4.79 Å². The van der Waals surface area contributed by atoms with Gasteiger partial charge in [-0.05, 0) is 24.3 Å². The van der Waals surface area contributed by atoms with Gasteiger partial charge in [0.15, 0.2) is 0 Å². The number of carbonyl (C=O) groups excluding carboxylic acids is 1. The van der Waals surface area contributed by atoms with E-state index in [1.807, 2.05) is 0 Å². The van der Waals surface area contributed by atoms with Crippen molar-refractivity contribution < 1.29 is 14.3 Å². The van der Waals surface area contributed by atoms with Crippen molar-refractivity contribution in [3.05, 3.63) is 49.6 Å². The Bertz CT molecular complexity index is 352. The van der Waals surface area contributed by atoms with E-state index in [1.165, 1.54) is 0 Å². The van der Waals surface area contributed by atoms with Gasteiger partial charge < -0.3 is 9.47 Å². The number of benzene rings is 1. The van der Waals surface area contributed by atoms with E-state index >= 15 is 0 Å². The van der Waals surface area contributed by atoms with Crippen LogP contribution in [-0.4, -0.2) is 12.6 Å². The van der Waals surface area contributed by atoms with E-state index in [0.29, 0.717) is 18.1 Å².